The van der Waals surface area contributed by atoms with Gasteiger partial charge in [0.15, 0.2) is 0 Å². The number of likely N-dealkylation sites (tertiary alicyclic amines) is 1. The van der Waals surface area contributed by atoms with E-state index in [0.717, 1.165) is 30.5 Å². The van der Waals surface area contributed by atoms with Crippen molar-refractivity contribution in [3.05, 3.63) is 29.6 Å². The fourth-order valence-electron chi connectivity index (χ4n) is 3.72. The van der Waals surface area contributed by atoms with Gasteiger partial charge >= 0.3 is 0 Å². The summed E-state index contributed by atoms with van der Waals surface area (Å²) in [5.41, 5.74) is 2.16. The molecule has 1 aromatic heterocycles. The Hall–Kier alpha value is -1.91. The molecule has 1 aromatic rings. The minimum Gasteiger partial charge on any atom is -0.355 e. The van der Waals surface area contributed by atoms with Crippen molar-refractivity contribution < 1.29 is 9.59 Å². The number of pyridine rings is 1. The van der Waals surface area contributed by atoms with Crippen LogP contribution in [-0.4, -0.2) is 40.8 Å². The van der Waals surface area contributed by atoms with Gasteiger partial charge < -0.3 is 10.2 Å². The highest BCUT2D eigenvalue weighted by Crippen LogP contribution is 2.29. The summed E-state index contributed by atoms with van der Waals surface area (Å²) in [7, 11) is 0. The summed E-state index contributed by atoms with van der Waals surface area (Å²) >= 11 is 0. The van der Waals surface area contributed by atoms with Crippen molar-refractivity contribution in [2.45, 2.75) is 51.5 Å². The fourth-order valence-corrected chi connectivity index (χ4v) is 3.72. The Morgan fingerprint density at radius 2 is 2.17 bits per heavy atom. The highest BCUT2D eigenvalue weighted by Gasteiger charge is 2.38. The molecule has 2 fully saturated rings. The van der Waals surface area contributed by atoms with Gasteiger partial charge in [0.1, 0.15) is 0 Å². The van der Waals surface area contributed by atoms with Gasteiger partial charge in [0.05, 0.1) is 5.92 Å². The first kappa shape index (κ1) is 16.0. The van der Waals surface area contributed by atoms with Gasteiger partial charge in [0.25, 0.3) is 0 Å². The van der Waals surface area contributed by atoms with Crippen LogP contribution in [0, 0.1) is 12.8 Å². The summed E-state index contributed by atoms with van der Waals surface area (Å²) in [4.78, 5) is 30.7. The molecule has 0 radical (unpaired) electrons. The molecule has 1 saturated heterocycles. The third-order valence-corrected chi connectivity index (χ3v) is 5.10. The van der Waals surface area contributed by atoms with E-state index in [2.05, 4.69) is 10.3 Å². The topological polar surface area (TPSA) is 62.3 Å². The first-order chi connectivity index (χ1) is 11.1. The van der Waals surface area contributed by atoms with Crippen molar-refractivity contribution in [1.82, 2.24) is 15.2 Å². The highest BCUT2D eigenvalue weighted by molar-refractivity contribution is 5.89. The fraction of sp³-hybridized carbons (Fsp3) is 0.611. The molecular formula is C18H25N3O2. The van der Waals surface area contributed by atoms with Crippen LogP contribution < -0.4 is 5.32 Å². The molecule has 1 atom stereocenters. The number of rotatable bonds is 5. The predicted octanol–water partition coefficient (Wildman–Crippen LogP) is 1.84. The van der Waals surface area contributed by atoms with Gasteiger partial charge in [-0.1, -0.05) is 18.9 Å². The van der Waals surface area contributed by atoms with E-state index in [9.17, 15) is 9.59 Å². The second-order valence-electron chi connectivity index (χ2n) is 6.67. The van der Waals surface area contributed by atoms with Gasteiger partial charge in [0.2, 0.25) is 11.8 Å². The number of hydrogen-bond acceptors (Lipinski definition) is 3. The van der Waals surface area contributed by atoms with E-state index >= 15 is 0 Å². The van der Waals surface area contributed by atoms with E-state index < -0.39 is 0 Å². The van der Waals surface area contributed by atoms with E-state index in [1.807, 2.05) is 24.0 Å². The van der Waals surface area contributed by atoms with E-state index in [1.165, 1.54) is 12.8 Å². The van der Waals surface area contributed by atoms with E-state index in [0.29, 0.717) is 25.6 Å². The maximum Gasteiger partial charge on any atom is 0.225 e. The van der Waals surface area contributed by atoms with Crippen LogP contribution in [0.15, 0.2) is 18.3 Å². The van der Waals surface area contributed by atoms with Crippen molar-refractivity contribution in [1.29, 1.82) is 0 Å². The van der Waals surface area contributed by atoms with Crippen molar-refractivity contribution in [3.8, 4) is 0 Å². The Morgan fingerprint density at radius 3 is 2.91 bits per heavy atom. The second-order valence-corrected chi connectivity index (χ2v) is 6.67. The van der Waals surface area contributed by atoms with E-state index in [1.54, 1.807) is 6.20 Å². The number of amides is 2. The quantitative estimate of drug-likeness (QED) is 0.902. The zero-order valence-electron chi connectivity index (χ0n) is 13.8. The lowest BCUT2D eigenvalue weighted by Gasteiger charge is -2.23. The summed E-state index contributed by atoms with van der Waals surface area (Å²) in [5, 5.41) is 2.99. The number of hydrogen-bond donors (Lipinski definition) is 1. The molecule has 124 valence electrons. The van der Waals surface area contributed by atoms with Gasteiger partial charge in [-0.3, -0.25) is 14.6 Å². The monoisotopic (exact) mass is 315 g/mol. The first-order valence-corrected chi connectivity index (χ1v) is 8.63. The summed E-state index contributed by atoms with van der Waals surface area (Å²) in [5.74, 6) is -0.0151. The normalized spacial score (nSPS) is 21.9. The van der Waals surface area contributed by atoms with Gasteiger partial charge in [0, 0.05) is 37.4 Å². The van der Waals surface area contributed by atoms with Crippen LogP contribution in [-0.2, 0) is 16.0 Å². The molecular weight excluding hydrogens is 290 g/mol. The minimum atomic E-state index is -0.182. The molecule has 2 amide bonds. The molecule has 2 heterocycles. The van der Waals surface area contributed by atoms with Crippen LogP contribution in [0.5, 0.6) is 0 Å². The Kier molecular flexibility index (Phi) is 4.94. The van der Waals surface area contributed by atoms with Crippen LogP contribution in [0.4, 0.5) is 0 Å². The smallest absolute Gasteiger partial charge is 0.225 e. The van der Waals surface area contributed by atoms with Crippen molar-refractivity contribution >= 4 is 11.8 Å². The number of nitrogens with zero attached hydrogens (tertiary/aromatic N) is 2. The number of aryl methyl sites for hydroxylation is 1. The van der Waals surface area contributed by atoms with Crippen LogP contribution in [0.2, 0.25) is 0 Å². The summed E-state index contributed by atoms with van der Waals surface area (Å²) in [6.45, 7) is 3.17. The molecule has 0 aromatic carbocycles. The number of nitrogens with one attached hydrogen (secondary N) is 1. The maximum absolute atomic E-state index is 12.3. The number of aromatic nitrogens is 1. The zero-order chi connectivity index (χ0) is 16.2. The summed E-state index contributed by atoms with van der Waals surface area (Å²) in [6, 6.07) is 4.33. The molecule has 1 N–H and O–H groups in total. The molecule has 5 nitrogen and oxygen atoms in total. The van der Waals surface area contributed by atoms with E-state index in [-0.39, 0.29) is 17.7 Å². The highest BCUT2D eigenvalue weighted by atomic mass is 16.2. The molecule has 1 unspecified atom stereocenters. The molecule has 1 aliphatic carbocycles. The van der Waals surface area contributed by atoms with Crippen molar-refractivity contribution in [2.75, 3.05) is 13.1 Å². The molecule has 3 rings (SSSR count). The lowest BCUT2D eigenvalue weighted by atomic mass is 10.1. The SMILES string of the molecule is Cc1ncccc1CCNC(=O)C1CC(=O)N(C2CCCC2)C1. The average Bonchev–Trinajstić information content (AvgIpc) is 3.18. The first-order valence-electron chi connectivity index (χ1n) is 8.63. The van der Waals surface area contributed by atoms with Gasteiger partial charge in [-0.05, 0) is 37.8 Å². The lowest BCUT2D eigenvalue weighted by Crippen LogP contribution is -2.37. The van der Waals surface area contributed by atoms with Crippen molar-refractivity contribution in [2.24, 2.45) is 5.92 Å². The maximum atomic E-state index is 12.3. The summed E-state index contributed by atoms with van der Waals surface area (Å²) in [6.07, 6.45) is 7.53. The lowest BCUT2D eigenvalue weighted by molar-refractivity contribution is -0.130. The van der Waals surface area contributed by atoms with Crippen LogP contribution in [0.1, 0.15) is 43.4 Å². The molecule has 5 heteroatoms. The van der Waals surface area contributed by atoms with Gasteiger partial charge in [-0.15, -0.1) is 0 Å². The van der Waals surface area contributed by atoms with Crippen LogP contribution in [0.3, 0.4) is 0 Å². The Morgan fingerprint density at radius 1 is 1.39 bits per heavy atom. The largest absolute Gasteiger partial charge is 0.355 e. The molecule has 2 aliphatic rings. The molecule has 0 spiro atoms. The standard InChI is InChI=1S/C18H25N3O2/c1-13-14(5-4-9-19-13)8-10-20-18(23)15-11-17(22)21(12-15)16-6-2-3-7-16/h4-5,9,15-16H,2-3,6-8,10-12H2,1H3,(H,20,23). The predicted molar refractivity (Wildman–Crippen MR) is 87.8 cm³/mol. The Balaban J connectivity index is 1.47. The zero-order valence-corrected chi connectivity index (χ0v) is 13.8. The third-order valence-electron chi connectivity index (χ3n) is 5.10. The second kappa shape index (κ2) is 7.11. The van der Waals surface area contributed by atoms with Gasteiger partial charge in [-0.2, -0.15) is 0 Å². The molecule has 23 heavy (non-hydrogen) atoms. The Bertz CT molecular complexity index is 581. The average molecular weight is 315 g/mol. The van der Waals surface area contributed by atoms with Crippen LogP contribution >= 0.6 is 0 Å². The van der Waals surface area contributed by atoms with Crippen molar-refractivity contribution in [3.63, 3.8) is 0 Å². The molecule has 1 aliphatic heterocycles. The minimum absolute atomic E-state index is 0.0143. The molecule has 0 bridgehead atoms. The van der Waals surface area contributed by atoms with Crippen LogP contribution in [0.25, 0.3) is 0 Å². The number of carbonyl (C=O) groups is 2. The number of carbonyl (C=O) groups excluding carboxylic acids is 2. The third kappa shape index (κ3) is 3.71. The van der Waals surface area contributed by atoms with Gasteiger partial charge in [-0.25, -0.2) is 0 Å². The summed E-state index contributed by atoms with van der Waals surface area (Å²) < 4.78 is 0. The Labute approximate surface area is 137 Å². The van der Waals surface area contributed by atoms with E-state index in [4.69, 9.17) is 0 Å². The molecule has 1 saturated carbocycles.